The summed E-state index contributed by atoms with van der Waals surface area (Å²) in [6.45, 7) is 0. The third-order valence-corrected chi connectivity index (χ3v) is 3.13. The normalized spacial score (nSPS) is 10.7. The SMILES string of the molecule is O=C(Oc1ccc(/C=N/Nc2cn[nH]c(=O)n2)cc1)c1ccc(F)cc1. The van der Waals surface area contributed by atoms with Crippen LogP contribution in [-0.2, 0) is 0 Å². The molecule has 0 saturated heterocycles. The van der Waals surface area contributed by atoms with Gasteiger partial charge in [-0.3, -0.25) is 5.43 Å². The van der Waals surface area contributed by atoms with Gasteiger partial charge in [-0.2, -0.15) is 15.2 Å². The van der Waals surface area contributed by atoms with Crippen LogP contribution in [0.4, 0.5) is 10.2 Å². The summed E-state index contributed by atoms with van der Waals surface area (Å²) in [4.78, 5) is 26.5. The van der Waals surface area contributed by atoms with E-state index >= 15 is 0 Å². The zero-order chi connectivity index (χ0) is 18.4. The highest BCUT2D eigenvalue weighted by Crippen LogP contribution is 2.14. The fourth-order valence-corrected chi connectivity index (χ4v) is 1.91. The highest BCUT2D eigenvalue weighted by molar-refractivity contribution is 5.91. The first-order chi connectivity index (χ1) is 12.6. The van der Waals surface area contributed by atoms with Gasteiger partial charge in [-0.1, -0.05) is 0 Å². The molecular formula is C17H12FN5O3. The van der Waals surface area contributed by atoms with Crippen LogP contribution >= 0.6 is 0 Å². The van der Waals surface area contributed by atoms with Gasteiger partial charge in [-0.15, -0.1) is 0 Å². The van der Waals surface area contributed by atoms with Crippen molar-refractivity contribution in [1.29, 1.82) is 0 Å². The van der Waals surface area contributed by atoms with Gasteiger partial charge >= 0.3 is 11.7 Å². The van der Waals surface area contributed by atoms with E-state index in [1.165, 1.54) is 36.7 Å². The van der Waals surface area contributed by atoms with Crippen molar-refractivity contribution in [2.24, 2.45) is 5.10 Å². The van der Waals surface area contributed by atoms with Crippen LogP contribution in [0, 0.1) is 5.82 Å². The van der Waals surface area contributed by atoms with Gasteiger partial charge in [0.15, 0.2) is 5.82 Å². The number of hydrogen-bond donors (Lipinski definition) is 2. The van der Waals surface area contributed by atoms with Crippen LogP contribution in [0.15, 0.2) is 64.6 Å². The number of nitrogens with zero attached hydrogens (tertiary/aromatic N) is 3. The second kappa shape index (κ2) is 7.79. The number of anilines is 1. The van der Waals surface area contributed by atoms with Crippen LogP contribution in [0.25, 0.3) is 0 Å². The molecular weight excluding hydrogens is 341 g/mol. The molecule has 0 radical (unpaired) electrons. The molecule has 0 fully saturated rings. The van der Waals surface area contributed by atoms with Crippen LogP contribution in [0.2, 0.25) is 0 Å². The van der Waals surface area contributed by atoms with E-state index in [1.54, 1.807) is 24.3 Å². The lowest BCUT2D eigenvalue weighted by Crippen LogP contribution is -2.13. The third kappa shape index (κ3) is 4.57. The summed E-state index contributed by atoms with van der Waals surface area (Å²) in [5.74, 6) is -0.467. The van der Waals surface area contributed by atoms with Gasteiger partial charge in [-0.05, 0) is 54.1 Å². The fourth-order valence-electron chi connectivity index (χ4n) is 1.91. The van der Waals surface area contributed by atoms with Gasteiger partial charge in [0, 0.05) is 0 Å². The summed E-state index contributed by atoms with van der Waals surface area (Å²) >= 11 is 0. The number of aromatic amines is 1. The maximum absolute atomic E-state index is 12.9. The number of carbonyl (C=O) groups excluding carboxylic acids is 1. The molecule has 0 aliphatic carbocycles. The topological polar surface area (TPSA) is 109 Å². The predicted molar refractivity (Wildman–Crippen MR) is 91.7 cm³/mol. The van der Waals surface area contributed by atoms with Crippen molar-refractivity contribution in [2.45, 2.75) is 0 Å². The minimum absolute atomic E-state index is 0.204. The zero-order valence-electron chi connectivity index (χ0n) is 13.2. The average Bonchev–Trinajstić information content (AvgIpc) is 2.64. The Bertz CT molecular complexity index is 984. The van der Waals surface area contributed by atoms with Crippen molar-refractivity contribution >= 4 is 18.0 Å². The smallest absolute Gasteiger partial charge is 0.363 e. The molecule has 0 saturated carbocycles. The molecule has 8 nitrogen and oxygen atoms in total. The van der Waals surface area contributed by atoms with Crippen molar-refractivity contribution < 1.29 is 13.9 Å². The van der Waals surface area contributed by atoms with E-state index in [0.717, 1.165) is 5.56 Å². The molecule has 3 aromatic rings. The molecule has 1 heterocycles. The molecule has 26 heavy (non-hydrogen) atoms. The first-order valence-corrected chi connectivity index (χ1v) is 7.39. The molecule has 0 amide bonds. The summed E-state index contributed by atoms with van der Waals surface area (Å²) in [5, 5.41) is 9.65. The molecule has 3 rings (SSSR count). The van der Waals surface area contributed by atoms with Gasteiger partial charge in [-0.25, -0.2) is 19.1 Å². The summed E-state index contributed by atoms with van der Waals surface area (Å²) in [7, 11) is 0. The summed E-state index contributed by atoms with van der Waals surface area (Å²) in [5.41, 5.74) is 2.95. The van der Waals surface area contributed by atoms with E-state index in [-0.39, 0.29) is 11.4 Å². The molecule has 2 aromatic carbocycles. The standard InChI is InChI=1S/C17H12FN5O3/c18-13-5-3-12(4-6-13)16(24)26-14-7-1-11(2-8-14)9-19-22-15-10-20-23-17(25)21-15/h1-10H,(H2,21,22,23,25)/b19-9+. The van der Waals surface area contributed by atoms with E-state index in [9.17, 15) is 14.0 Å². The number of carbonyl (C=O) groups is 1. The molecule has 0 aliphatic heterocycles. The largest absolute Gasteiger partial charge is 0.423 e. The van der Waals surface area contributed by atoms with Gasteiger partial charge in [0.25, 0.3) is 0 Å². The predicted octanol–water partition coefficient (Wildman–Crippen LogP) is 1.97. The summed E-state index contributed by atoms with van der Waals surface area (Å²) in [6, 6.07) is 11.6. The monoisotopic (exact) mass is 353 g/mol. The molecule has 0 bridgehead atoms. The van der Waals surface area contributed by atoms with E-state index in [1.807, 2.05) is 0 Å². The molecule has 0 spiro atoms. The number of nitrogens with one attached hydrogen (secondary N) is 2. The second-order valence-corrected chi connectivity index (χ2v) is 5.01. The molecule has 2 N–H and O–H groups in total. The van der Waals surface area contributed by atoms with Crippen LogP contribution in [-0.4, -0.2) is 27.4 Å². The van der Waals surface area contributed by atoms with Gasteiger partial charge in [0.1, 0.15) is 11.6 Å². The lowest BCUT2D eigenvalue weighted by atomic mass is 10.2. The maximum Gasteiger partial charge on any atom is 0.363 e. The zero-order valence-corrected chi connectivity index (χ0v) is 13.2. The Morgan fingerprint density at radius 1 is 1.15 bits per heavy atom. The molecule has 1 aromatic heterocycles. The van der Waals surface area contributed by atoms with Crippen molar-refractivity contribution in [2.75, 3.05) is 5.43 Å². The van der Waals surface area contributed by atoms with E-state index in [2.05, 4.69) is 25.7 Å². The van der Waals surface area contributed by atoms with Crippen molar-refractivity contribution in [3.8, 4) is 5.75 Å². The Morgan fingerprint density at radius 2 is 1.88 bits per heavy atom. The van der Waals surface area contributed by atoms with Gasteiger partial charge < -0.3 is 4.74 Å². The van der Waals surface area contributed by atoms with Crippen LogP contribution < -0.4 is 15.9 Å². The Labute approximate surface area is 146 Å². The number of esters is 1. The summed E-state index contributed by atoms with van der Waals surface area (Å²) in [6.07, 6.45) is 2.81. The Balaban J connectivity index is 1.59. The maximum atomic E-state index is 12.9. The highest BCUT2D eigenvalue weighted by Gasteiger charge is 2.08. The third-order valence-electron chi connectivity index (χ3n) is 3.13. The number of benzene rings is 2. The Hall–Kier alpha value is -3.88. The Morgan fingerprint density at radius 3 is 2.58 bits per heavy atom. The quantitative estimate of drug-likeness (QED) is 0.314. The molecule has 0 aliphatic rings. The lowest BCUT2D eigenvalue weighted by Gasteiger charge is -2.04. The van der Waals surface area contributed by atoms with Crippen LogP contribution in [0.3, 0.4) is 0 Å². The Kier molecular flexibility index (Phi) is 5.08. The van der Waals surface area contributed by atoms with E-state index < -0.39 is 17.5 Å². The number of rotatable bonds is 5. The van der Waals surface area contributed by atoms with Crippen LogP contribution in [0.1, 0.15) is 15.9 Å². The van der Waals surface area contributed by atoms with Crippen molar-refractivity contribution in [1.82, 2.24) is 15.2 Å². The first-order valence-electron chi connectivity index (χ1n) is 7.39. The molecule has 9 heteroatoms. The number of ether oxygens (including phenoxy) is 1. The number of hydrogen-bond acceptors (Lipinski definition) is 7. The van der Waals surface area contributed by atoms with E-state index in [4.69, 9.17) is 4.74 Å². The van der Waals surface area contributed by atoms with Crippen molar-refractivity contribution in [3.63, 3.8) is 0 Å². The molecule has 130 valence electrons. The average molecular weight is 353 g/mol. The second-order valence-electron chi connectivity index (χ2n) is 5.01. The number of hydrazone groups is 1. The lowest BCUT2D eigenvalue weighted by molar-refractivity contribution is 0.0734. The minimum Gasteiger partial charge on any atom is -0.423 e. The van der Waals surface area contributed by atoms with Gasteiger partial charge in [0.2, 0.25) is 0 Å². The number of halogens is 1. The minimum atomic E-state index is -0.586. The molecule has 0 atom stereocenters. The summed E-state index contributed by atoms with van der Waals surface area (Å²) < 4.78 is 18.1. The number of H-pyrrole nitrogens is 1. The number of aromatic nitrogens is 3. The van der Waals surface area contributed by atoms with Crippen LogP contribution in [0.5, 0.6) is 5.75 Å². The van der Waals surface area contributed by atoms with Gasteiger partial charge in [0.05, 0.1) is 18.0 Å². The molecule has 0 unspecified atom stereocenters. The highest BCUT2D eigenvalue weighted by atomic mass is 19.1. The van der Waals surface area contributed by atoms with E-state index in [0.29, 0.717) is 5.75 Å². The van der Waals surface area contributed by atoms with Crippen molar-refractivity contribution in [3.05, 3.63) is 82.2 Å². The fraction of sp³-hybridized carbons (Fsp3) is 0. The first kappa shape index (κ1) is 17.0.